The van der Waals surface area contributed by atoms with E-state index in [2.05, 4.69) is 98.9 Å². The average molecular weight is 741 g/mol. The number of hydrogen-bond acceptors (Lipinski definition) is 6. The molecule has 0 heterocycles. The molecule has 8 nitrogen and oxygen atoms in total. The number of carbonyl (C=O) groups excluding carboxylic acids is 2. The Morgan fingerprint density at radius 1 is 0.566 bits per heavy atom. The van der Waals surface area contributed by atoms with Crippen LogP contribution in [0.3, 0.4) is 0 Å². The number of esters is 2. The number of hydrogen-bond donors (Lipinski definition) is 1. The van der Waals surface area contributed by atoms with Gasteiger partial charge in [-0.3, -0.25) is 9.59 Å². The largest absolute Gasteiger partial charge is 0.477 e. The van der Waals surface area contributed by atoms with Crippen LogP contribution in [0.1, 0.15) is 129 Å². The fraction of sp³-hybridized carbons (Fsp3) is 0.622. The molecule has 0 saturated carbocycles. The Morgan fingerprint density at radius 2 is 1.02 bits per heavy atom. The second-order valence-electron chi connectivity index (χ2n) is 14.1. The van der Waals surface area contributed by atoms with Gasteiger partial charge in [0.2, 0.25) is 0 Å². The molecule has 0 spiro atoms. The molecule has 2 unspecified atom stereocenters. The maximum absolute atomic E-state index is 12.7. The van der Waals surface area contributed by atoms with E-state index in [1.807, 2.05) is 21.1 Å². The van der Waals surface area contributed by atoms with E-state index in [0.717, 1.165) is 89.9 Å². The van der Waals surface area contributed by atoms with Gasteiger partial charge in [-0.05, 0) is 77.0 Å². The van der Waals surface area contributed by atoms with E-state index in [0.29, 0.717) is 19.3 Å². The van der Waals surface area contributed by atoms with Gasteiger partial charge in [0.05, 0.1) is 34.4 Å². The topological polar surface area (TPSA) is 99.1 Å². The molecule has 0 fully saturated rings. The summed E-state index contributed by atoms with van der Waals surface area (Å²) in [6, 6.07) is -0.629. The standard InChI is InChI=1S/C45H73NO7/c1-6-8-10-12-14-16-18-20-21-22-23-24-26-27-29-31-33-35-43(47)52-40-41(39-51-38-37-42(45(49)50)46(3,4)5)53-44(48)36-34-32-30-28-25-19-17-15-13-11-9-7-2/h8-11,14-17,20-21,23-24,27,29,41-42H,6-7,12-13,18-19,22,25-26,28,30-40H2,1-5H3/p+1/b10-8+,11-9+,16-14+,17-15+,21-20+,24-23+,29-27+. The monoisotopic (exact) mass is 741 g/mol. The van der Waals surface area contributed by atoms with Crippen molar-refractivity contribution in [2.45, 2.75) is 142 Å². The molecule has 0 bridgehead atoms. The van der Waals surface area contributed by atoms with Crippen molar-refractivity contribution in [1.29, 1.82) is 0 Å². The Morgan fingerprint density at radius 3 is 1.53 bits per heavy atom. The lowest BCUT2D eigenvalue weighted by Crippen LogP contribution is -2.50. The zero-order chi connectivity index (χ0) is 39.3. The molecule has 8 heteroatoms. The summed E-state index contributed by atoms with van der Waals surface area (Å²) in [6.45, 7) is 4.40. The molecule has 0 aliphatic rings. The van der Waals surface area contributed by atoms with Crippen molar-refractivity contribution < 1.29 is 38.2 Å². The first-order chi connectivity index (χ1) is 25.6. The lowest BCUT2D eigenvalue weighted by molar-refractivity contribution is -0.887. The third kappa shape index (κ3) is 34.1. The maximum Gasteiger partial charge on any atom is 0.362 e. The number of rotatable bonds is 34. The highest BCUT2D eigenvalue weighted by Gasteiger charge is 2.31. The SMILES string of the molecule is CC/C=C/C/C=C/C/C=C/C/C=C/C/C=C/CCCC(=O)OCC(COCCC(C(=O)O)[N+](C)(C)C)OC(=O)CCCCCCC/C=C/C/C=C/CC. The summed E-state index contributed by atoms with van der Waals surface area (Å²) in [5, 5.41) is 9.59. The normalized spacial score (nSPS) is 13.9. The molecule has 0 radical (unpaired) electrons. The summed E-state index contributed by atoms with van der Waals surface area (Å²) in [5.74, 6) is -1.58. The van der Waals surface area contributed by atoms with Crippen molar-refractivity contribution in [3.63, 3.8) is 0 Å². The van der Waals surface area contributed by atoms with Crippen LogP contribution >= 0.6 is 0 Å². The van der Waals surface area contributed by atoms with E-state index in [1.54, 1.807) is 0 Å². The van der Waals surface area contributed by atoms with Crippen LogP contribution in [0.5, 0.6) is 0 Å². The van der Waals surface area contributed by atoms with Crippen molar-refractivity contribution in [3.05, 3.63) is 85.1 Å². The molecule has 0 aromatic carbocycles. The van der Waals surface area contributed by atoms with E-state index in [9.17, 15) is 19.5 Å². The Bertz CT molecular complexity index is 1140. The smallest absolute Gasteiger partial charge is 0.362 e. The highest BCUT2D eigenvalue weighted by atomic mass is 16.6. The number of unbranched alkanes of at least 4 members (excludes halogenated alkanes) is 6. The molecular formula is C45H74NO7+. The predicted molar refractivity (Wildman–Crippen MR) is 220 cm³/mol. The van der Waals surface area contributed by atoms with Crippen LogP contribution in [0.2, 0.25) is 0 Å². The third-order valence-corrected chi connectivity index (χ3v) is 8.29. The fourth-order valence-corrected chi connectivity index (χ4v) is 5.22. The Hall–Kier alpha value is -3.49. The number of likely N-dealkylation sites (N-methyl/N-ethyl adjacent to an activating group) is 1. The molecule has 53 heavy (non-hydrogen) atoms. The number of nitrogens with zero attached hydrogens (tertiary/aromatic N) is 1. The van der Waals surface area contributed by atoms with Gasteiger partial charge in [-0.25, -0.2) is 4.79 Å². The van der Waals surface area contributed by atoms with Crippen molar-refractivity contribution in [2.75, 3.05) is 41.0 Å². The lowest BCUT2D eigenvalue weighted by Gasteiger charge is -2.31. The molecule has 2 atom stereocenters. The molecule has 0 aromatic rings. The van der Waals surface area contributed by atoms with Gasteiger partial charge in [-0.1, -0.05) is 118 Å². The van der Waals surface area contributed by atoms with Crippen LogP contribution < -0.4 is 0 Å². The minimum atomic E-state index is -0.890. The van der Waals surface area contributed by atoms with Crippen LogP contribution in [0.25, 0.3) is 0 Å². The number of carboxylic acids is 1. The lowest BCUT2D eigenvalue weighted by atomic mass is 10.1. The first-order valence-corrected chi connectivity index (χ1v) is 20.1. The summed E-state index contributed by atoms with van der Waals surface area (Å²) in [5.41, 5.74) is 0. The number of aliphatic carboxylic acids is 1. The molecule has 0 rings (SSSR count). The van der Waals surface area contributed by atoms with Gasteiger partial charge in [-0.15, -0.1) is 0 Å². The Kier molecular flexibility index (Phi) is 33.2. The predicted octanol–water partition coefficient (Wildman–Crippen LogP) is 10.6. The number of ether oxygens (including phenoxy) is 3. The number of carbonyl (C=O) groups is 3. The van der Waals surface area contributed by atoms with Crippen molar-refractivity contribution >= 4 is 17.9 Å². The van der Waals surface area contributed by atoms with E-state index >= 15 is 0 Å². The molecule has 0 aliphatic heterocycles. The minimum absolute atomic E-state index is 0.0320. The Balaban J connectivity index is 4.52. The zero-order valence-corrected chi connectivity index (χ0v) is 33.9. The first kappa shape index (κ1) is 49.5. The van der Waals surface area contributed by atoms with Gasteiger partial charge < -0.3 is 23.8 Å². The van der Waals surface area contributed by atoms with E-state index in [4.69, 9.17) is 14.2 Å². The van der Waals surface area contributed by atoms with Gasteiger partial charge >= 0.3 is 17.9 Å². The molecule has 0 aliphatic carbocycles. The summed E-state index contributed by atoms with van der Waals surface area (Å²) in [7, 11) is 5.48. The molecule has 1 N–H and O–H groups in total. The quantitative estimate of drug-likeness (QED) is 0.0303. The van der Waals surface area contributed by atoms with Crippen LogP contribution in [-0.4, -0.2) is 80.6 Å². The molecule has 0 amide bonds. The average Bonchev–Trinajstić information content (AvgIpc) is 3.11. The fourth-order valence-electron chi connectivity index (χ4n) is 5.22. The van der Waals surface area contributed by atoms with Gasteiger partial charge in [0.25, 0.3) is 0 Å². The van der Waals surface area contributed by atoms with Crippen LogP contribution in [0.15, 0.2) is 85.1 Å². The van der Waals surface area contributed by atoms with Crippen molar-refractivity contribution in [3.8, 4) is 0 Å². The second-order valence-corrected chi connectivity index (χ2v) is 14.1. The minimum Gasteiger partial charge on any atom is -0.477 e. The maximum atomic E-state index is 12.7. The highest BCUT2D eigenvalue weighted by molar-refractivity contribution is 5.72. The van der Waals surface area contributed by atoms with Crippen LogP contribution in [-0.2, 0) is 28.6 Å². The van der Waals surface area contributed by atoms with Gasteiger partial charge in [0, 0.05) is 19.3 Å². The summed E-state index contributed by atoms with van der Waals surface area (Å²) in [6.07, 6.45) is 44.9. The Labute approximate surface area is 323 Å². The van der Waals surface area contributed by atoms with E-state index < -0.39 is 18.1 Å². The van der Waals surface area contributed by atoms with Gasteiger partial charge in [0.15, 0.2) is 12.1 Å². The zero-order valence-electron chi connectivity index (χ0n) is 33.9. The number of allylic oxidation sites excluding steroid dienone is 14. The van der Waals surface area contributed by atoms with Crippen molar-refractivity contribution in [2.24, 2.45) is 0 Å². The number of carboxylic acid groups (broad SMARTS) is 1. The molecular weight excluding hydrogens is 666 g/mol. The van der Waals surface area contributed by atoms with Gasteiger partial charge in [-0.2, -0.15) is 0 Å². The first-order valence-electron chi connectivity index (χ1n) is 20.1. The van der Waals surface area contributed by atoms with Gasteiger partial charge in [0.1, 0.15) is 6.61 Å². The highest BCUT2D eigenvalue weighted by Crippen LogP contribution is 2.12. The molecule has 0 aromatic heterocycles. The van der Waals surface area contributed by atoms with E-state index in [1.165, 1.54) is 0 Å². The van der Waals surface area contributed by atoms with E-state index in [-0.39, 0.29) is 42.7 Å². The number of quaternary nitrogens is 1. The van der Waals surface area contributed by atoms with Crippen LogP contribution in [0.4, 0.5) is 0 Å². The third-order valence-electron chi connectivity index (χ3n) is 8.29. The summed E-state index contributed by atoms with van der Waals surface area (Å²) >= 11 is 0. The summed E-state index contributed by atoms with van der Waals surface area (Å²) in [4.78, 5) is 36.8. The molecule has 0 saturated heterocycles. The summed E-state index contributed by atoms with van der Waals surface area (Å²) < 4.78 is 17.1. The van der Waals surface area contributed by atoms with Crippen LogP contribution in [0, 0.1) is 0 Å². The molecule has 300 valence electrons. The van der Waals surface area contributed by atoms with Crippen molar-refractivity contribution in [1.82, 2.24) is 0 Å². The second kappa shape index (κ2) is 35.5.